The molecule has 1 unspecified atom stereocenters. The number of ether oxygens (including phenoxy) is 1. The van der Waals surface area contributed by atoms with Crippen molar-refractivity contribution in [3.8, 4) is 5.75 Å². The Morgan fingerprint density at radius 2 is 1.89 bits per heavy atom. The first-order valence-electron chi connectivity index (χ1n) is 7.47. The van der Waals surface area contributed by atoms with Crippen molar-refractivity contribution in [1.29, 1.82) is 0 Å². The van der Waals surface area contributed by atoms with E-state index >= 15 is 0 Å². The molecule has 1 aromatic rings. The van der Waals surface area contributed by atoms with E-state index in [1.165, 1.54) is 6.42 Å². The van der Waals surface area contributed by atoms with E-state index in [9.17, 15) is 0 Å². The lowest BCUT2D eigenvalue weighted by Crippen LogP contribution is -2.36. The molecule has 108 valence electrons. The van der Waals surface area contributed by atoms with Crippen LogP contribution in [0.15, 0.2) is 30.3 Å². The van der Waals surface area contributed by atoms with Crippen LogP contribution in [0.25, 0.3) is 0 Å². The highest BCUT2D eigenvalue weighted by molar-refractivity contribution is 5.20. The summed E-state index contributed by atoms with van der Waals surface area (Å²) in [6, 6.07) is 10.1. The van der Waals surface area contributed by atoms with Gasteiger partial charge in [0, 0.05) is 6.54 Å². The van der Waals surface area contributed by atoms with Gasteiger partial charge in [0.2, 0.25) is 0 Å². The van der Waals surface area contributed by atoms with Crippen LogP contribution in [-0.2, 0) is 0 Å². The molecule has 0 saturated carbocycles. The molecule has 0 bridgehead atoms. The zero-order valence-electron chi connectivity index (χ0n) is 12.9. The van der Waals surface area contributed by atoms with Crippen molar-refractivity contribution in [3.63, 3.8) is 0 Å². The van der Waals surface area contributed by atoms with E-state index in [4.69, 9.17) is 4.74 Å². The second-order valence-electron chi connectivity index (χ2n) is 5.85. The first-order chi connectivity index (χ1) is 9.08. The molecular weight excluding hydrogens is 234 g/mol. The molecule has 0 saturated heterocycles. The summed E-state index contributed by atoms with van der Waals surface area (Å²) in [6.07, 6.45) is 2.31. The molecule has 0 aromatic heterocycles. The van der Waals surface area contributed by atoms with Gasteiger partial charge in [0.1, 0.15) is 5.75 Å². The molecule has 1 aromatic carbocycles. The van der Waals surface area contributed by atoms with Crippen LogP contribution in [0.1, 0.15) is 40.5 Å². The summed E-state index contributed by atoms with van der Waals surface area (Å²) in [7, 11) is 0. The van der Waals surface area contributed by atoms with Gasteiger partial charge in [-0.3, -0.25) is 0 Å². The Morgan fingerprint density at radius 3 is 2.47 bits per heavy atom. The zero-order chi connectivity index (χ0) is 14.1. The third-order valence-electron chi connectivity index (χ3n) is 4.08. The SMILES string of the molecule is CCNCC(C)(CCCOc1ccccc1)C(C)C. The van der Waals surface area contributed by atoms with Crippen LogP contribution < -0.4 is 10.1 Å². The Bertz CT molecular complexity index is 336. The molecule has 0 amide bonds. The molecule has 1 rings (SSSR count). The normalized spacial score (nSPS) is 14.4. The largest absolute Gasteiger partial charge is 0.494 e. The van der Waals surface area contributed by atoms with Gasteiger partial charge in [-0.1, -0.05) is 45.9 Å². The summed E-state index contributed by atoms with van der Waals surface area (Å²) >= 11 is 0. The molecule has 0 aliphatic heterocycles. The maximum absolute atomic E-state index is 5.77. The van der Waals surface area contributed by atoms with Gasteiger partial charge in [0.15, 0.2) is 0 Å². The molecule has 0 spiro atoms. The van der Waals surface area contributed by atoms with E-state index in [2.05, 4.69) is 33.0 Å². The van der Waals surface area contributed by atoms with Crippen molar-refractivity contribution in [2.24, 2.45) is 11.3 Å². The molecule has 0 fully saturated rings. The Kier molecular flexibility index (Phi) is 6.93. The van der Waals surface area contributed by atoms with E-state index in [-0.39, 0.29) is 0 Å². The average molecular weight is 263 g/mol. The average Bonchev–Trinajstić information content (AvgIpc) is 2.42. The Morgan fingerprint density at radius 1 is 1.21 bits per heavy atom. The molecule has 1 atom stereocenters. The summed E-state index contributed by atoms with van der Waals surface area (Å²) in [5.74, 6) is 1.66. The van der Waals surface area contributed by atoms with Crippen molar-refractivity contribution in [1.82, 2.24) is 5.32 Å². The lowest BCUT2D eigenvalue weighted by atomic mass is 9.75. The molecule has 2 heteroatoms. The number of hydrogen-bond donors (Lipinski definition) is 1. The monoisotopic (exact) mass is 263 g/mol. The lowest BCUT2D eigenvalue weighted by Gasteiger charge is -2.34. The van der Waals surface area contributed by atoms with E-state index in [0.717, 1.165) is 31.9 Å². The maximum Gasteiger partial charge on any atom is 0.119 e. The minimum atomic E-state index is 0.357. The highest BCUT2D eigenvalue weighted by Gasteiger charge is 2.27. The third-order valence-corrected chi connectivity index (χ3v) is 4.08. The van der Waals surface area contributed by atoms with Crippen LogP contribution in [-0.4, -0.2) is 19.7 Å². The fourth-order valence-corrected chi connectivity index (χ4v) is 2.17. The molecule has 2 nitrogen and oxygen atoms in total. The van der Waals surface area contributed by atoms with Gasteiger partial charge in [0.05, 0.1) is 6.61 Å². The van der Waals surface area contributed by atoms with Gasteiger partial charge in [-0.15, -0.1) is 0 Å². The molecule has 1 N–H and O–H groups in total. The van der Waals surface area contributed by atoms with Crippen molar-refractivity contribution in [2.45, 2.75) is 40.5 Å². The molecule has 0 aliphatic carbocycles. The topological polar surface area (TPSA) is 21.3 Å². The van der Waals surface area contributed by atoms with E-state index in [0.29, 0.717) is 11.3 Å². The first kappa shape index (κ1) is 16.0. The van der Waals surface area contributed by atoms with Crippen LogP contribution >= 0.6 is 0 Å². The molecule has 19 heavy (non-hydrogen) atoms. The summed E-state index contributed by atoms with van der Waals surface area (Å²) in [4.78, 5) is 0. The Hall–Kier alpha value is -1.02. The second kappa shape index (κ2) is 8.21. The molecule has 0 radical (unpaired) electrons. The van der Waals surface area contributed by atoms with Gasteiger partial charge in [-0.25, -0.2) is 0 Å². The van der Waals surface area contributed by atoms with Crippen LogP contribution in [0.5, 0.6) is 5.75 Å². The smallest absolute Gasteiger partial charge is 0.119 e. The summed E-state index contributed by atoms with van der Waals surface area (Å²) in [5.41, 5.74) is 0.357. The first-order valence-corrected chi connectivity index (χ1v) is 7.47. The maximum atomic E-state index is 5.77. The molecule has 0 aliphatic rings. The summed E-state index contributed by atoms with van der Waals surface area (Å²) in [5, 5.41) is 3.49. The number of rotatable bonds is 9. The van der Waals surface area contributed by atoms with Crippen LogP contribution in [0, 0.1) is 11.3 Å². The van der Waals surface area contributed by atoms with Gasteiger partial charge < -0.3 is 10.1 Å². The fourth-order valence-electron chi connectivity index (χ4n) is 2.17. The number of para-hydroxylation sites is 1. The number of nitrogens with one attached hydrogen (secondary N) is 1. The van der Waals surface area contributed by atoms with E-state index in [1.54, 1.807) is 0 Å². The number of hydrogen-bond acceptors (Lipinski definition) is 2. The molecular formula is C17H29NO. The summed E-state index contributed by atoms with van der Waals surface area (Å²) in [6.45, 7) is 12.1. The predicted molar refractivity (Wildman–Crippen MR) is 82.7 cm³/mol. The lowest BCUT2D eigenvalue weighted by molar-refractivity contribution is 0.171. The fraction of sp³-hybridized carbons (Fsp3) is 0.647. The Balaban J connectivity index is 2.32. The van der Waals surface area contributed by atoms with Crippen molar-refractivity contribution < 1.29 is 4.74 Å². The minimum absolute atomic E-state index is 0.357. The van der Waals surface area contributed by atoms with Crippen molar-refractivity contribution >= 4 is 0 Å². The zero-order valence-corrected chi connectivity index (χ0v) is 12.9. The van der Waals surface area contributed by atoms with Crippen LogP contribution in [0.3, 0.4) is 0 Å². The summed E-state index contributed by atoms with van der Waals surface area (Å²) < 4.78 is 5.77. The third kappa shape index (κ3) is 5.65. The highest BCUT2D eigenvalue weighted by Crippen LogP contribution is 2.31. The van der Waals surface area contributed by atoms with E-state index < -0.39 is 0 Å². The van der Waals surface area contributed by atoms with Gasteiger partial charge in [0.25, 0.3) is 0 Å². The minimum Gasteiger partial charge on any atom is -0.494 e. The van der Waals surface area contributed by atoms with Crippen LogP contribution in [0.2, 0.25) is 0 Å². The van der Waals surface area contributed by atoms with Crippen molar-refractivity contribution in [3.05, 3.63) is 30.3 Å². The number of benzene rings is 1. The van der Waals surface area contributed by atoms with E-state index in [1.807, 2.05) is 30.3 Å². The second-order valence-corrected chi connectivity index (χ2v) is 5.85. The molecule has 0 heterocycles. The van der Waals surface area contributed by atoms with Crippen LogP contribution in [0.4, 0.5) is 0 Å². The standard InChI is InChI=1S/C17H29NO/c1-5-18-14-17(4,15(2)3)12-9-13-19-16-10-7-6-8-11-16/h6-8,10-11,15,18H,5,9,12-14H2,1-4H3. The van der Waals surface area contributed by atoms with Gasteiger partial charge in [-0.2, -0.15) is 0 Å². The Labute approximate surface area is 118 Å². The van der Waals surface area contributed by atoms with Crippen molar-refractivity contribution in [2.75, 3.05) is 19.7 Å². The van der Waals surface area contributed by atoms with Gasteiger partial charge in [-0.05, 0) is 42.9 Å². The quantitative estimate of drug-likeness (QED) is 0.677. The van der Waals surface area contributed by atoms with Gasteiger partial charge >= 0.3 is 0 Å². The predicted octanol–water partition coefficient (Wildman–Crippen LogP) is 4.12. The highest BCUT2D eigenvalue weighted by atomic mass is 16.5.